The van der Waals surface area contributed by atoms with Crippen LogP contribution in [0.2, 0.25) is 0 Å². The molecule has 56 valence electrons. The monoisotopic (exact) mass is 166 g/mol. The lowest BCUT2D eigenvalue weighted by Crippen LogP contribution is -1.81. The maximum absolute atomic E-state index is 8.71. The lowest BCUT2D eigenvalue weighted by molar-refractivity contribution is 0.663. The van der Waals surface area contributed by atoms with Crippen LogP contribution in [0.3, 0.4) is 0 Å². The Morgan fingerprint density at radius 3 is 3.18 bits per heavy atom. The van der Waals surface area contributed by atoms with Gasteiger partial charge in [0.2, 0.25) is 0 Å². The number of aromatic nitrogens is 2. The van der Waals surface area contributed by atoms with Crippen LogP contribution in [-0.4, -0.2) is 13.9 Å². The van der Waals surface area contributed by atoms with Gasteiger partial charge in [0.25, 0.3) is 0 Å². The molecule has 11 heavy (non-hydrogen) atoms. The van der Waals surface area contributed by atoms with Crippen molar-refractivity contribution < 1.29 is 4.55 Å². The quantitative estimate of drug-likeness (QED) is 0.657. The molecule has 0 aliphatic heterocycles. The highest BCUT2D eigenvalue weighted by Gasteiger charge is 1.94. The molecule has 0 atom stereocenters. The predicted octanol–water partition coefficient (Wildman–Crippen LogP) is 1.90. The number of nitrogens with zero attached hydrogens (tertiary/aromatic N) is 2. The zero-order valence-corrected chi connectivity index (χ0v) is 6.45. The summed E-state index contributed by atoms with van der Waals surface area (Å²) in [6.07, 6.45) is 5.45. The smallest absolute Gasteiger partial charge is 0.137 e. The van der Waals surface area contributed by atoms with Gasteiger partial charge in [0.05, 0.1) is 0 Å². The van der Waals surface area contributed by atoms with Crippen molar-refractivity contribution in [2.24, 2.45) is 0 Å². The van der Waals surface area contributed by atoms with Gasteiger partial charge in [0.15, 0.2) is 0 Å². The fourth-order valence-corrected chi connectivity index (χ4v) is 1.23. The Morgan fingerprint density at radius 2 is 2.36 bits per heavy atom. The van der Waals surface area contributed by atoms with E-state index in [1.165, 1.54) is 0 Å². The Hall–Kier alpha value is -1.00. The summed E-state index contributed by atoms with van der Waals surface area (Å²) in [4.78, 5) is 4.87. The first-order valence-corrected chi connectivity index (χ1v) is 3.91. The molecule has 2 rings (SSSR count). The van der Waals surface area contributed by atoms with E-state index in [1.54, 1.807) is 6.20 Å². The van der Waals surface area contributed by atoms with Gasteiger partial charge in [-0.15, -0.1) is 0 Å². The van der Waals surface area contributed by atoms with Crippen molar-refractivity contribution in [1.29, 1.82) is 0 Å². The average molecular weight is 166 g/mol. The molecule has 0 unspecified atom stereocenters. The van der Waals surface area contributed by atoms with E-state index in [0.717, 1.165) is 22.6 Å². The van der Waals surface area contributed by atoms with Crippen molar-refractivity contribution >= 4 is 17.7 Å². The lowest BCUT2D eigenvalue weighted by Gasteiger charge is -1.94. The maximum Gasteiger partial charge on any atom is 0.137 e. The van der Waals surface area contributed by atoms with E-state index in [2.05, 4.69) is 4.98 Å². The van der Waals surface area contributed by atoms with Crippen LogP contribution in [0.4, 0.5) is 0 Å². The number of rotatable bonds is 1. The minimum absolute atomic E-state index is 0.734. The fourth-order valence-electron chi connectivity index (χ4n) is 0.948. The predicted molar refractivity (Wildman–Crippen MR) is 43.7 cm³/mol. The molecule has 2 heterocycles. The fraction of sp³-hybridized carbons (Fsp3) is 0. The summed E-state index contributed by atoms with van der Waals surface area (Å²) < 4.78 is 10.6. The van der Waals surface area contributed by atoms with Gasteiger partial charge in [-0.2, -0.15) is 0 Å². The van der Waals surface area contributed by atoms with Crippen molar-refractivity contribution in [1.82, 2.24) is 9.38 Å². The van der Waals surface area contributed by atoms with Crippen LogP contribution in [0.25, 0.3) is 5.65 Å². The topological polar surface area (TPSA) is 37.5 Å². The van der Waals surface area contributed by atoms with Crippen LogP contribution >= 0.6 is 12.0 Å². The molecule has 0 radical (unpaired) electrons. The molecule has 2 aromatic heterocycles. The summed E-state index contributed by atoms with van der Waals surface area (Å²) >= 11 is 0.734. The van der Waals surface area contributed by atoms with Crippen LogP contribution < -0.4 is 0 Å². The van der Waals surface area contributed by atoms with E-state index in [4.69, 9.17) is 4.55 Å². The van der Waals surface area contributed by atoms with Gasteiger partial charge in [0.1, 0.15) is 5.65 Å². The highest BCUT2D eigenvalue weighted by atomic mass is 32.2. The summed E-state index contributed by atoms with van der Waals surface area (Å²) in [6, 6.07) is 3.66. The normalized spacial score (nSPS) is 10.6. The molecular weight excluding hydrogens is 160 g/mol. The lowest BCUT2D eigenvalue weighted by atomic mass is 10.5. The summed E-state index contributed by atoms with van der Waals surface area (Å²) in [5.74, 6) is 0. The van der Waals surface area contributed by atoms with Crippen molar-refractivity contribution in [2.45, 2.75) is 4.90 Å². The first kappa shape index (κ1) is 6.69. The molecular formula is C7H6N2OS. The molecule has 1 N–H and O–H groups in total. The van der Waals surface area contributed by atoms with E-state index in [-0.39, 0.29) is 0 Å². The van der Waals surface area contributed by atoms with E-state index < -0.39 is 0 Å². The van der Waals surface area contributed by atoms with Crippen LogP contribution in [0.5, 0.6) is 0 Å². The SMILES string of the molecule is OSc1ccn2ccnc2c1. The summed E-state index contributed by atoms with van der Waals surface area (Å²) in [5, 5.41) is 0. The highest BCUT2D eigenvalue weighted by molar-refractivity contribution is 7.93. The van der Waals surface area contributed by atoms with Gasteiger partial charge in [-0.25, -0.2) is 4.98 Å². The largest absolute Gasteiger partial charge is 0.325 e. The van der Waals surface area contributed by atoms with Gasteiger partial charge in [-0.05, 0) is 12.1 Å². The van der Waals surface area contributed by atoms with Gasteiger partial charge in [-0.3, -0.25) is 0 Å². The molecule has 0 amide bonds. The highest BCUT2D eigenvalue weighted by Crippen LogP contribution is 2.14. The Kier molecular flexibility index (Phi) is 1.56. The third kappa shape index (κ3) is 1.10. The van der Waals surface area contributed by atoms with E-state index in [1.807, 2.05) is 28.9 Å². The zero-order valence-electron chi connectivity index (χ0n) is 5.64. The molecule has 0 bridgehead atoms. The first-order valence-electron chi connectivity index (χ1n) is 3.14. The van der Waals surface area contributed by atoms with Gasteiger partial charge >= 0.3 is 0 Å². The number of hydrogen-bond acceptors (Lipinski definition) is 3. The van der Waals surface area contributed by atoms with Crippen LogP contribution in [0.1, 0.15) is 0 Å². The van der Waals surface area contributed by atoms with E-state index in [0.29, 0.717) is 0 Å². The zero-order chi connectivity index (χ0) is 7.68. The molecule has 2 aromatic rings. The second-order valence-electron chi connectivity index (χ2n) is 2.15. The Balaban J connectivity index is 2.67. The molecule has 0 spiro atoms. The summed E-state index contributed by atoms with van der Waals surface area (Å²) in [6.45, 7) is 0. The average Bonchev–Trinajstić information content (AvgIpc) is 2.50. The molecule has 0 saturated heterocycles. The minimum atomic E-state index is 0.734. The van der Waals surface area contributed by atoms with Crippen molar-refractivity contribution in [2.75, 3.05) is 0 Å². The summed E-state index contributed by atoms with van der Waals surface area (Å²) in [5.41, 5.74) is 0.851. The number of imidazole rings is 1. The molecule has 3 nitrogen and oxygen atoms in total. The minimum Gasteiger partial charge on any atom is -0.325 e. The number of hydrogen-bond donors (Lipinski definition) is 1. The second kappa shape index (κ2) is 2.56. The molecule has 0 aromatic carbocycles. The molecule has 4 heteroatoms. The van der Waals surface area contributed by atoms with Crippen LogP contribution in [0, 0.1) is 0 Å². The third-order valence-corrected chi connectivity index (χ3v) is 1.94. The summed E-state index contributed by atoms with van der Waals surface area (Å²) in [7, 11) is 0. The van der Waals surface area contributed by atoms with Gasteiger partial charge < -0.3 is 8.95 Å². The number of pyridine rings is 1. The van der Waals surface area contributed by atoms with Crippen LogP contribution in [-0.2, 0) is 0 Å². The second-order valence-corrected chi connectivity index (χ2v) is 2.80. The third-order valence-electron chi connectivity index (χ3n) is 1.47. The van der Waals surface area contributed by atoms with Gasteiger partial charge in [-0.1, -0.05) is 0 Å². The van der Waals surface area contributed by atoms with Crippen molar-refractivity contribution in [3.05, 3.63) is 30.7 Å². The first-order chi connectivity index (χ1) is 5.40. The van der Waals surface area contributed by atoms with Crippen molar-refractivity contribution in [3.8, 4) is 0 Å². The standard InChI is InChI=1S/C7H6N2OS/c10-11-6-1-3-9-4-2-8-7(9)5-6/h1-5,10H. The number of fused-ring (bicyclic) bond motifs is 1. The van der Waals surface area contributed by atoms with E-state index in [9.17, 15) is 0 Å². The molecule has 0 aliphatic rings. The van der Waals surface area contributed by atoms with Crippen molar-refractivity contribution in [3.63, 3.8) is 0 Å². The Labute approximate surface area is 67.9 Å². The maximum atomic E-state index is 8.71. The molecule has 0 fully saturated rings. The Morgan fingerprint density at radius 1 is 1.45 bits per heavy atom. The van der Waals surface area contributed by atoms with Crippen LogP contribution in [0.15, 0.2) is 35.6 Å². The molecule has 0 aliphatic carbocycles. The van der Waals surface area contributed by atoms with E-state index >= 15 is 0 Å². The van der Waals surface area contributed by atoms with Gasteiger partial charge in [0, 0.05) is 35.5 Å². The Bertz CT molecular complexity index is 371. The molecule has 0 saturated carbocycles.